The number of sulfonamides is 1. The summed E-state index contributed by atoms with van der Waals surface area (Å²) in [7, 11) is -3.97. The van der Waals surface area contributed by atoms with Crippen LogP contribution in [0.4, 0.5) is 29.7 Å². The highest BCUT2D eigenvalue weighted by molar-refractivity contribution is 7.93. The number of alkyl halides is 3. The van der Waals surface area contributed by atoms with Crippen molar-refractivity contribution in [1.82, 2.24) is 9.36 Å². The van der Waals surface area contributed by atoms with Crippen LogP contribution >= 0.6 is 11.5 Å². The van der Waals surface area contributed by atoms with Crippen LogP contribution in [0, 0.1) is 5.41 Å². The predicted octanol–water partition coefficient (Wildman–Crippen LogP) is 3.84. The van der Waals surface area contributed by atoms with E-state index in [4.69, 9.17) is 15.9 Å². The number of aromatic nitrogens is 2. The maximum absolute atomic E-state index is 13.3. The number of rotatable bonds is 6. The molecule has 34 heavy (non-hydrogen) atoms. The second-order valence-electron chi connectivity index (χ2n) is 6.98. The van der Waals surface area contributed by atoms with Gasteiger partial charge in [0.2, 0.25) is 5.13 Å². The Morgan fingerprint density at radius 3 is 2.65 bits per heavy atom. The number of hydrogen-bond acceptors (Lipinski definition) is 9. The van der Waals surface area contributed by atoms with Crippen molar-refractivity contribution in [3.8, 4) is 5.75 Å². The number of nitrogens with one attached hydrogen (secondary N) is 2. The lowest BCUT2D eigenvalue weighted by molar-refractivity contribution is -0.137. The number of ether oxygens (including phenoxy) is 1. The van der Waals surface area contributed by atoms with Crippen LogP contribution < -0.4 is 20.1 Å². The van der Waals surface area contributed by atoms with Gasteiger partial charge in [-0.15, -0.1) is 0 Å². The van der Waals surface area contributed by atoms with E-state index in [1.165, 1.54) is 30.6 Å². The third kappa shape index (κ3) is 4.54. The van der Waals surface area contributed by atoms with Crippen LogP contribution in [0.3, 0.4) is 0 Å². The minimum absolute atomic E-state index is 0.0852. The number of nitrogens with two attached hydrogens (primary N) is 1. The summed E-state index contributed by atoms with van der Waals surface area (Å²) >= 11 is 0.877. The third-order valence-corrected chi connectivity index (χ3v) is 6.99. The molecule has 2 heterocycles. The average molecular weight is 511 g/mol. The van der Waals surface area contributed by atoms with Crippen molar-refractivity contribution in [3.63, 3.8) is 0 Å². The summed E-state index contributed by atoms with van der Waals surface area (Å²) in [6.45, 7) is 0.420. The van der Waals surface area contributed by atoms with Gasteiger partial charge in [0, 0.05) is 46.8 Å². The zero-order chi connectivity index (χ0) is 24.5. The highest BCUT2D eigenvalue weighted by atomic mass is 32.2. The Balaban J connectivity index is 1.77. The van der Waals surface area contributed by atoms with E-state index in [0.29, 0.717) is 11.4 Å². The first-order valence-electron chi connectivity index (χ1n) is 9.62. The normalized spacial score (nSPS) is 14.3. The number of halogens is 3. The van der Waals surface area contributed by atoms with Gasteiger partial charge in [0.15, 0.2) is 0 Å². The Kier molecular flexibility index (Phi) is 6.18. The second kappa shape index (κ2) is 8.95. The fourth-order valence-corrected chi connectivity index (χ4v) is 5.08. The van der Waals surface area contributed by atoms with Gasteiger partial charge in [-0.1, -0.05) is 0 Å². The maximum atomic E-state index is 13.3. The Morgan fingerprint density at radius 1 is 1.24 bits per heavy atom. The largest absolute Gasteiger partial charge is 0.489 e. The molecule has 3 aromatic rings. The SMILES string of the molecule is N=C/C(=C\N)c1cc(C(F)(F)F)ccc1N1CCOc2cc(S(=O)(=O)Nc3ncns3)ccc21. The molecular weight excluding hydrogens is 493 g/mol. The molecule has 14 heteroatoms. The molecule has 0 radical (unpaired) electrons. The van der Waals surface area contributed by atoms with Gasteiger partial charge in [0.05, 0.1) is 22.7 Å². The van der Waals surface area contributed by atoms with E-state index in [1.54, 1.807) is 4.90 Å². The van der Waals surface area contributed by atoms with E-state index in [2.05, 4.69) is 14.1 Å². The summed E-state index contributed by atoms with van der Waals surface area (Å²) in [5, 5.41) is 7.68. The Hall–Kier alpha value is -3.65. The molecule has 0 fully saturated rings. The number of hydrogen-bond donors (Lipinski definition) is 3. The summed E-state index contributed by atoms with van der Waals surface area (Å²) < 4.78 is 77.1. The molecule has 4 N–H and O–H groups in total. The summed E-state index contributed by atoms with van der Waals surface area (Å²) in [4.78, 5) is 5.40. The molecule has 0 amide bonds. The van der Waals surface area contributed by atoms with Crippen LogP contribution in [0.5, 0.6) is 5.75 Å². The molecule has 9 nitrogen and oxygen atoms in total. The first kappa shape index (κ1) is 23.5. The second-order valence-corrected chi connectivity index (χ2v) is 9.44. The molecule has 2 aromatic carbocycles. The lowest BCUT2D eigenvalue weighted by Crippen LogP contribution is -2.29. The topological polar surface area (TPSA) is 134 Å². The summed E-state index contributed by atoms with van der Waals surface area (Å²) in [5.74, 6) is 0.227. The van der Waals surface area contributed by atoms with E-state index in [0.717, 1.165) is 36.1 Å². The zero-order valence-corrected chi connectivity index (χ0v) is 18.8. The predicted molar refractivity (Wildman–Crippen MR) is 122 cm³/mol. The standard InChI is InChI=1S/C20H17F3N6O3S2/c21-20(22,23)13-1-3-16(15(7-13)12(9-24)10-25)29-5-6-32-18-8-14(2-4-17(18)29)34(30,31)28-19-26-11-27-33-19/h1-4,7-11,24H,5-6,25H2,(H,26,27,28)/b12-10+,24-9?. The number of allylic oxidation sites excluding steroid dienone is 1. The molecule has 0 aliphatic carbocycles. The summed E-state index contributed by atoms with van der Waals surface area (Å²) in [6, 6.07) is 7.34. The molecule has 0 saturated heterocycles. The van der Waals surface area contributed by atoms with Crippen LogP contribution in [0.25, 0.3) is 5.57 Å². The molecule has 1 aliphatic rings. The number of fused-ring (bicyclic) bond motifs is 1. The Morgan fingerprint density at radius 2 is 2.00 bits per heavy atom. The van der Waals surface area contributed by atoms with Gasteiger partial charge in [-0.2, -0.15) is 17.5 Å². The van der Waals surface area contributed by atoms with Gasteiger partial charge in [0.25, 0.3) is 10.0 Å². The molecule has 0 unspecified atom stereocenters. The van der Waals surface area contributed by atoms with Crippen LogP contribution in [-0.2, 0) is 16.2 Å². The van der Waals surface area contributed by atoms with Crippen LogP contribution in [0.1, 0.15) is 11.1 Å². The number of anilines is 3. The average Bonchev–Trinajstić information content (AvgIpc) is 3.31. The van der Waals surface area contributed by atoms with E-state index in [-0.39, 0.29) is 40.1 Å². The van der Waals surface area contributed by atoms with Gasteiger partial charge in [-0.25, -0.2) is 13.4 Å². The van der Waals surface area contributed by atoms with Gasteiger partial charge < -0.3 is 20.8 Å². The molecule has 1 aromatic heterocycles. The van der Waals surface area contributed by atoms with Gasteiger partial charge in [-0.3, -0.25) is 4.72 Å². The first-order valence-corrected chi connectivity index (χ1v) is 11.9. The molecule has 4 rings (SSSR count). The first-order chi connectivity index (χ1) is 16.1. The smallest absolute Gasteiger partial charge is 0.416 e. The third-order valence-electron chi connectivity index (χ3n) is 4.95. The Bertz CT molecular complexity index is 1360. The van der Waals surface area contributed by atoms with Gasteiger partial charge in [-0.05, 0) is 30.3 Å². The van der Waals surface area contributed by atoms with Crippen molar-refractivity contribution in [3.05, 3.63) is 60.1 Å². The van der Waals surface area contributed by atoms with Crippen molar-refractivity contribution in [2.45, 2.75) is 11.1 Å². The highest BCUT2D eigenvalue weighted by Gasteiger charge is 2.33. The van der Waals surface area contributed by atoms with Crippen molar-refractivity contribution < 1.29 is 26.3 Å². The molecule has 0 atom stereocenters. The van der Waals surface area contributed by atoms with E-state index in [1.807, 2.05) is 0 Å². The molecular formula is C20H17F3N6O3S2. The van der Waals surface area contributed by atoms with Crippen LogP contribution in [0.2, 0.25) is 0 Å². The molecule has 1 aliphatic heterocycles. The maximum Gasteiger partial charge on any atom is 0.416 e. The summed E-state index contributed by atoms with van der Waals surface area (Å²) in [6.07, 6.45) is -1.44. The van der Waals surface area contributed by atoms with Crippen LogP contribution in [0.15, 0.2) is 53.8 Å². The zero-order valence-electron chi connectivity index (χ0n) is 17.2. The monoisotopic (exact) mass is 510 g/mol. The lowest BCUT2D eigenvalue weighted by Gasteiger charge is -2.33. The number of nitrogens with zero attached hydrogens (tertiary/aromatic N) is 3. The van der Waals surface area contributed by atoms with Crippen molar-refractivity contribution in [2.24, 2.45) is 5.73 Å². The quantitative estimate of drug-likeness (QED) is 0.429. The van der Waals surface area contributed by atoms with Crippen LogP contribution in [-0.4, -0.2) is 37.1 Å². The lowest BCUT2D eigenvalue weighted by atomic mass is 10.00. The number of benzene rings is 2. The minimum atomic E-state index is -4.58. The van der Waals surface area contributed by atoms with E-state index >= 15 is 0 Å². The van der Waals surface area contributed by atoms with Gasteiger partial charge in [0.1, 0.15) is 18.7 Å². The minimum Gasteiger partial charge on any atom is -0.489 e. The van der Waals surface area contributed by atoms with E-state index < -0.39 is 21.8 Å². The molecule has 0 spiro atoms. The molecule has 178 valence electrons. The van der Waals surface area contributed by atoms with Gasteiger partial charge >= 0.3 is 6.18 Å². The fraction of sp³-hybridized carbons (Fsp3) is 0.150. The fourth-order valence-electron chi connectivity index (χ4n) is 3.40. The van der Waals surface area contributed by atoms with Crippen molar-refractivity contribution in [1.29, 1.82) is 5.41 Å². The van der Waals surface area contributed by atoms with E-state index in [9.17, 15) is 21.6 Å². The molecule has 0 saturated carbocycles. The highest BCUT2D eigenvalue weighted by Crippen LogP contribution is 2.42. The van der Waals surface area contributed by atoms with Crippen molar-refractivity contribution >= 4 is 49.8 Å². The molecule has 0 bridgehead atoms. The van der Waals surface area contributed by atoms with Crippen molar-refractivity contribution in [2.75, 3.05) is 22.8 Å². The summed E-state index contributed by atoms with van der Waals surface area (Å²) in [5.41, 5.74) is 5.69. The Labute approximate surface area is 196 Å².